The van der Waals surface area contributed by atoms with Crippen molar-refractivity contribution in [2.45, 2.75) is 19.0 Å². The zero-order valence-electron chi connectivity index (χ0n) is 16.0. The number of carbonyl (C=O) groups excluding carboxylic acids is 1. The molecule has 142 valence electrons. The maximum Gasteiger partial charge on any atom is 0.262 e. The molecule has 0 aliphatic rings. The molecule has 0 aliphatic carbocycles. The van der Waals surface area contributed by atoms with Gasteiger partial charge in [0.15, 0.2) is 5.16 Å². The molecule has 8 heteroatoms. The van der Waals surface area contributed by atoms with Gasteiger partial charge in [-0.25, -0.2) is 4.98 Å². The van der Waals surface area contributed by atoms with Crippen molar-refractivity contribution in [1.29, 1.82) is 0 Å². The number of anilines is 2. The van der Waals surface area contributed by atoms with Crippen LogP contribution in [0.15, 0.2) is 34.2 Å². The van der Waals surface area contributed by atoms with E-state index in [0.29, 0.717) is 10.5 Å². The predicted molar refractivity (Wildman–Crippen MR) is 114 cm³/mol. The second kappa shape index (κ2) is 7.74. The lowest BCUT2D eigenvalue weighted by Gasteiger charge is -2.13. The van der Waals surface area contributed by atoms with Gasteiger partial charge in [0, 0.05) is 37.4 Å². The highest BCUT2D eigenvalue weighted by molar-refractivity contribution is 7.99. The van der Waals surface area contributed by atoms with Crippen molar-refractivity contribution in [3.63, 3.8) is 0 Å². The van der Waals surface area contributed by atoms with Gasteiger partial charge in [0.25, 0.3) is 5.56 Å². The van der Waals surface area contributed by atoms with Gasteiger partial charge in [-0.1, -0.05) is 11.8 Å². The van der Waals surface area contributed by atoms with Crippen molar-refractivity contribution in [1.82, 2.24) is 9.55 Å². The number of nitrogens with zero attached hydrogens (tertiary/aromatic N) is 3. The second-order valence-corrected chi connectivity index (χ2v) is 8.65. The minimum atomic E-state index is -0.134. The number of thioether (sulfide) groups is 1. The van der Waals surface area contributed by atoms with Gasteiger partial charge in [-0.2, -0.15) is 0 Å². The molecule has 2 heterocycles. The summed E-state index contributed by atoms with van der Waals surface area (Å²) < 4.78 is 1.52. The van der Waals surface area contributed by atoms with E-state index in [0.717, 1.165) is 26.6 Å². The Morgan fingerprint density at radius 3 is 2.56 bits per heavy atom. The highest BCUT2D eigenvalue weighted by Gasteiger charge is 2.15. The van der Waals surface area contributed by atoms with Crippen LogP contribution in [-0.4, -0.2) is 35.3 Å². The quantitative estimate of drug-likeness (QED) is 0.523. The van der Waals surface area contributed by atoms with Crippen LogP contribution in [0.4, 0.5) is 11.4 Å². The molecular weight excluding hydrogens is 380 g/mol. The van der Waals surface area contributed by atoms with Gasteiger partial charge < -0.3 is 10.2 Å². The van der Waals surface area contributed by atoms with Crippen molar-refractivity contribution in [3.05, 3.63) is 45.1 Å². The van der Waals surface area contributed by atoms with Crippen LogP contribution < -0.4 is 15.8 Å². The Hall–Kier alpha value is -2.32. The van der Waals surface area contributed by atoms with E-state index in [2.05, 4.69) is 10.3 Å². The highest BCUT2D eigenvalue weighted by Crippen LogP contribution is 2.28. The van der Waals surface area contributed by atoms with Crippen LogP contribution >= 0.6 is 23.1 Å². The average molecular weight is 403 g/mol. The zero-order valence-corrected chi connectivity index (χ0v) is 17.6. The smallest absolute Gasteiger partial charge is 0.262 e. The highest BCUT2D eigenvalue weighted by atomic mass is 32.2. The maximum absolute atomic E-state index is 12.6. The van der Waals surface area contributed by atoms with Crippen molar-refractivity contribution in [2.75, 3.05) is 30.1 Å². The number of aryl methyl sites for hydroxylation is 2. The first kappa shape index (κ1) is 19.4. The van der Waals surface area contributed by atoms with Gasteiger partial charge in [0.1, 0.15) is 4.83 Å². The third-order valence-electron chi connectivity index (χ3n) is 4.37. The zero-order chi connectivity index (χ0) is 19.7. The summed E-state index contributed by atoms with van der Waals surface area (Å²) in [4.78, 5) is 33.3. The fourth-order valence-corrected chi connectivity index (χ4v) is 4.50. The van der Waals surface area contributed by atoms with Crippen LogP contribution in [0.25, 0.3) is 10.2 Å². The largest absolute Gasteiger partial charge is 0.378 e. The first-order chi connectivity index (χ1) is 12.8. The molecule has 0 saturated carbocycles. The third-order valence-corrected chi connectivity index (χ3v) is 6.50. The molecule has 0 saturated heterocycles. The molecule has 1 N–H and O–H groups in total. The Balaban J connectivity index is 1.72. The summed E-state index contributed by atoms with van der Waals surface area (Å²) in [5.74, 6) is 0.0513. The molecule has 3 rings (SSSR count). The Bertz CT molecular complexity index is 1050. The van der Waals surface area contributed by atoms with Crippen molar-refractivity contribution in [2.24, 2.45) is 7.05 Å². The number of benzene rings is 1. The minimum Gasteiger partial charge on any atom is -0.378 e. The summed E-state index contributed by atoms with van der Waals surface area (Å²) in [7, 11) is 5.63. The van der Waals surface area contributed by atoms with Gasteiger partial charge in [0.05, 0.1) is 11.1 Å². The van der Waals surface area contributed by atoms with Gasteiger partial charge in [-0.3, -0.25) is 14.2 Å². The Morgan fingerprint density at radius 1 is 1.26 bits per heavy atom. The molecule has 1 aromatic carbocycles. The standard InChI is InChI=1S/C19H22N4O2S2/c1-11-12(2)27-17-16(11)18(25)23(5)19(21-17)26-10-15(24)20-13-6-8-14(9-7-13)22(3)4/h6-9H,10H2,1-5H3,(H,20,24). The lowest BCUT2D eigenvalue weighted by Crippen LogP contribution is -2.21. The van der Waals surface area contributed by atoms with E-state index in [9.17, 15) is 9.59 Å². The van der Waals surface area contributed by atoms with E-state index < -0.39 is 0 Å². The molecule has 0 aliphatic heterocycles. The number of amides is 1. The number of hydrogen-bond acceptors (Lipinski definition) is 6. The number of rotatable bonds is 5. The van der Waals surface area contributed by atoms with Crippen LogP contribution in [0, 0.1) is 13.8 Å². The van der Waals surface area contributed by atoms with E-state index in [1.165, 1.54) is 27.7 Å². The summed E-state index contributed by atoms with van der Waals surface area (Å²) in [6, 6.07) is 7.64. The lowest BCUT2D eigenvalue weighted by atomic mass is 10.2. The molecule has 3 aromatic rings. The molecule has 6 nitrogen and oxygen atoms in total. The molecule has 1 amide bonds. The third kappa shape index (κ3) is 4.01. The van der Waals surface area contributed by atoms with E-state index in [-0.39, 0.29) is 17.2 Å². The molecule has 0 fully saturated rings. The number of aromatic nitrogens is 2. The SMILES string of the molecule is Cc1sc2nc(SCC(=O)Nc3ccc(N(C)C)cc3)n(C)c(=O)c2c1C. The van der Waals surface area contributed by atoms with Gasteiger partial charge >= 0.3 is 0 Å². The van der Waals surface area contributed by atoms with Crippen molar-refractivity contribution < 1.29 is 4.79 Å². The van der Waals surface area contributed by atoms with Crippen LogP contribution in [0.5, 0.6) is 0 Å². The van der Waals surface area contributed by atoms with Crippen LogP contribution in [0.3, 0.4) is 0 Å². The molecular formula is C19H22N4O2S2. The van der Waals surface area contributed by atoms with E-state index in [4.69, 9.17) is 0 Å². The first-order valence-corrected chi connectivity index (χ1v) is 10.2. The Kier molecular flexibility index (Phi) is 5.57. The number of thiophene rings is 1. The van der Waals surface area contributed by atoms with Crippen LogP contribution in [0.1, 0.15) is 10.4 Å². The fourth-order valence-electron chi connectivity index (χ4n) is 2.66. The fraction of sp³-hybridized carbons (Fsp3) is 0.316. The van der Waals surface area contributed by atoms with E-state index in [1.54, 1.807) is 7.05 Å². The molecule has 27 heavy (non-hydrogen) atoms. The Labute approximate surface area is 166 Å². The summed E-state index contributed by atoms with van der Waals surface area (Å²) >= 11 is 2.78. The normalized spacial score (nSPS) is 11.0. The maximum atomic E-state index is 12.6. The van der Waals surface area contributed by atoms with E-state index >= 15 is 0 Å². The molecule has 0 unspecified atom stereocenters. The molecule has 0 radical (unpaired) electrons. The molecule has 0 atom stereocenters. The van der Waals surface area contributed by atoms with Crippen LogP contribution in [-0.2, 0) is 11.8 Å². The van der Waals surface area contributed by atoms with Gasteiger partial charge in [-0.15, -0.1) is 11.3 Å². The average Bonchev–Trinajstić information content (AvgIpc) is 2.91. The molecule has 0 bridgehead atoms. The monoisotopic (exact) mass is 402 g/mol. The van der Waals surface area contributed by atoms with E-state index in [1.807, 2.05) is 57.1 Å². The summed E-state index contributed by atoms with van der Waals surface area (Å²) in [5, 5.41) is 4.10. The van der Waals surface area contributed by atoms with Gasteiger partial charge in [-0.05, 0) is 43.7 Å². The summed E-state index contributed by atoms with van der Waals surface area (Å²) in [6.07, 6.45) is 0. The Morgan fingerprint density at radius 2 is 1.93 bits per heavy atom. The second-order valence-electron chi connectivity index (χ2n) is 6.50. The molecule has 2 aromatic heterocycles. The lowest BCUT2D eigenvalue weighted by molar-refractivity contribution is -0.113. The molecule has 0 spiro atoms. The minimum absolute atomic E-state index is 0.0657. The number of hydrogen-bond donors (Lipinski definition) is 1. The predicted octanol–water partition coefficient (Wildman–Crippen LogP) is 3.41. The summed E-state index contributed by atoms with van der Waals surface area (Å²) in [6.45, 7) is 3.93. The number of fused-ring (bicyclic) bond motifs is 1. The van der Waals surface area contributed by atoms with Crippen LogP contribution in [0.2, 0.25) is 0 Å². The number of nitrogens with one attached hydrogen (secondary N) is 1. The van der Waals surface area contributed by atoms with Crippen molar-refractivity contribution in [3.8, 4) is 0 Å². The van der Waals surface area contributed by atoms with Gasteiger partial charge in [0.2, 0.25) is 5.91 Å². The van der Waals surface area contributed by atoms with Crippen molar-refractivity contribution >= 4 is 50.6 Å². The number of carbonyl (C=O) groups is 1. The summed E-state index contributed by atoms with van der Waals surface area (Å²) in [5.41, 5.74) is 2.73. The first-order valence-electron chi connectivity index (χ1n) is 8.44. The topological polar surface area (TPSA) is 67.2 Å².